The zero-order valence-electron chi connectivity index (χ0n) is 23.1. The highest BCUT2D eigenvalue weighted by Crippen LogP contribution is 2.30. The number of hydrogen-bond donors (Lipinski definition) is 1. The maximum atomic E-state index is 13.3. The first kappa shape index (κ1) is 27.1. The summed E-state index contributed by atoms with van der Waals surface area (Å²) in [6, 6.07) is 25.6. The summed E-state index contributed by atoms with van der Waals surface area (Å²) in [6.45, 7) is 6.12. The van der Waals surface area contributed by atoms with Gasteiger partial charge in [0.1, 0.15) is 11.5 Å². The van der Waals surface area contributed by atoms with Gasteiger partial charge in [0.15, 0.2) is 5.82 Å². The highest BCUT2D eigenvalue weighted by atomic mass is 16.5. The lowest BCUT2D eigenvalue weighted by atomic mass is 10.1. The van der Waals surface area contributed by atoms with Crippen LogP contribution in [0.1, 0.15) is 48.8 Å². The van der Waals surface area contributed by atoms with Crippen LogP contribution in [0.4, 0.5) is 0 Å². The highest BCUT2D eigenvalue weighted by Gasteiger charge is 2.27. The lowest BCUT2D eigenvalue weighted by molar-refractivity contribution is 0.159. The fourth-order valence-corrected chi connectivity index (χ4v) is 5.07. The van der Waals surface area contributed by atoms with Crippen LogP contribution in [0.15, 0.2) is 83.7 Å². The lowest BCUT2D eigenvalue weighted by Crippen LogP contribution is -2.32. The van der Waals surface area contributed by atoms with Gasteiger partial charge in [-0.05, 0) is 59.7 Å². The fourth-order valence-electron chi connectivity index (χ4n) is 5.07. The molecule has 9 heteroatoms. The second-order valence-electron chi connectivity index (χ2n) is 9.63. The summed E-state index contributed by atoms with van der Waals surface area (Å²) in [5.41, 5.74) is 3.42. The number of benzene rings is 3. The number of pyridine rings is 1. The molecule has 0 spiro atoms. The Balaban J connectivity index is 1.54. The van der Waals surface area contributed by atoms with Crippen LogP contribution in [0.25, 0.3) is 10.9 Å². The van der Waals surface area contributed by atoms with Gasteiger partial charge in [0.25, 0.3) is 5.56 Å². The maximum Gasteiger partial charge on any atom is 0.252 e. The van der Waals surface area contributed by atoms with E-state index in [4.69, 9.17) is 9.47 Å². The molecule has 40 heavy (non-hydrogen) atoms. The van der Waals surface area contributed by atoms with Gasteiger partial charge in [0.2, 0.25) is 0 Å². The average Bonchev–Trinajstić information content (AvgIpc) is 3.42. The van der Waals surface area contributed by atoms with Gasteiger partial charge in [0.05, 0.1) is 26.3 Å². The zero-order valence-corrected chi connectivity index (χ0v) is 23.1. The molecular formula is C31H34N6O3. The molecule has 9 nitrogen and oxygen atoms in total. The quantitative estimate of drug-likeness (QED) is 0.235. The van der Waals surface area contributed by atoms with Crippen molar-refractivity contribution in [2.45, 2.75) is 45.9 Å². The molecule has 1 N–H and O–H groups in total. The minimum atomic E-state index is -0.159. The van der Waals surface area contributed by atoms with Crippen molar-refractivity contribution in [2.75, 3.05) is 13.7 Å². The number of nitrogens with zero attached hydrogens (tertiary/aromatic N) is 5. The van der Waals surface area contributed by atoms with Gasteiger partial charge in [-0.15, -0.1) is 5.10 Å². The number of H-pyrrole nitrogens is 1. The van der Waals surface area contributed by atoms with Gasteiger partial charge in [-0.3, -0.25) is 9.69 Å². The van der Waals surface area contributed by atoms with Crippen LogP contribution in [-0.4, -0.2) is 43.8 Å². The van der Waals surface area contributed by atoms with E-state index in [0.717, 1.165) is 45.8 Å². The predicted molar refractivity (Wildman–Crippen MR) is 154 cm³/mol. The van der Waals surface area contributed by atoms with E-state index < -0.39 is 0 Å². The van der Waals surface area contributed by atoms with E-state index in [1.165, 1.54) is 0 Å². The normalized spacial score (nSPS) is 12.1. The summed E-state index contributed by atoms with van der Waals surface area (Å²) in [4.78, 5) is 18.6. The molecule has 0 aliphatic rings. The number of methoxy groups -OCH3 is 1. The first-order valence-electron chi connectivity index (χ1n) is 13.5. The van der Waals surface area contributed by atoms with Crippen molar-refractivity contribution in [2.24, 2.45) is 0 Å². The first-order chi connectivity index (χ1) is 19.6. The second-order valence-corrected chi connectivity index (χ2v) is 9.63. The van der Waals surface area contributed by atoms with Crippen molar-refractivity contribution in [3.8, 4) is 11.5 Å². The molecule has 206 valence electrons. The minimum Gasteiger partial charge on any atom is -0.496 e. The Morgan fingerprint density at radius 3 is 2.50 bits per heavy atom. The van der Waals surface area contributed by atoms with Gasteiger partial charge in [0, 0.05) is 35.1 Å². The van der Waals surface area contributed by atoms with Crippen molar-refractivity contribution in [1.29, 1.82) is 0 Å². The van der Waals surface area contributed by atoms with E-state index in [0.29, 0.717) is 31.8 Å². The van der Waals surface area contributed by atoms with E-state index in [2.05, 4.69) is 44.5 Å². The Morgan fingerprint density at radius 2 is 1.73 bits per heavy atom. The molecule has 0 radical (unpaired) electrons. The fraction of sp³-hybridized carbons (Fsp3) is 0.290. The third-order valence-corrected chi connectivity index (χ3v) is 7.00. The molecule has 0 saturated heterocycles. The van der Waals surface area contributed by atoms with Crippen molar-refractivity contribution < 1.29 is 9.47 Å². The second kappa shape index (κ2) is 12.6. The van der Waals surface area contributed by atoms with Gasteiger partial charge < -0.3 is 14.5 Å². The molecular weight excluding hydrogens is 504 g/mol. The summed E-state index contributed by atoms with van der Waals surface area (Å²) in [5, 5.41) is 13.7. The molecule has 0 aliphatic heterocycles. The number of ether oxygens (including phenoxy) is 2. The number of hydrogen-bond acceptors (Lipinski definition) is 7. The monoisotopic (exact) mass is 538 g/mol. The van der Waals surface area contributed by atoms with Crippen LogP contribution in [0.3, 0.4) is 0 Å². The van der Waals surface area contributed by atoms with Crippen LogP contribution < -0.4 is 15.0 Å². The molecule has 0 amide bonds. The summed E-state index contributed by atoms with van der Waals surface area (Å²) < 4.78 is 13.2. The molecule has 0 fully saturated rings. The van der Waals surface area contributed by atoms with Gasteiger partial charge >= 0.3 is 0 Å². The van der Waals surface area contributed by atoms with Crippen LogP contribution in [0, 0.1) is 0 Å². The number of aromatic amines is 1. The predicted octanol–water partition coefficient (Wildman–Crippen LogP) is 5.12. The molecule has 5 rings (SSSR count). The summed E-state index contributed by atoms with van der Waals surface area (Å²) in [6.07, 6.45) is 0.740. The average molecular weight is 539 g/mol. The minimum absolute atomic E-state index is 0.125. The van der Waals surface area contributed by atoms with Gasteiger partial charge in [-0.25, -0.2) is 4.68 Å². The lowest BCUT2D eigenvalue weighted by Gasteiger charge is -2.30. The molecule has 3 aromatic carbocycles. The smallest absolute Gasteiger partial charge is 0.252 e. The topological polar surface area (TPSA) is 98.2 Å². The summed E-state index contributed by atoms with van der Waals surface area (Å²) in [5.74, 6) is 2.31. The number of rotatable bonds is 12. The number of fused-ring (bicyclic) bond motifs is 1. The molecule has 0 aliphatic carbocycles. The van der Waals surface area contributed by atoms with Crippen molar-refractivity contribution in [1.82, 2.24) is 30.1 Å². The van der Waals surface area contributed by atoms with Crippen LogP contribution in [-0.2, 0) is 19.6 Å². The summed E-state index contributed by atoms with van der Waals surface area (Å²) >= 11 is 0. The molecule has 2 aromatic heterocycles. The maximum absolute atomic E-state index is 13.3. The van der Waals surface area contributed by atoms with E-state index in [-0.39, 0.29) is 11.6 Å². The molecule has 0 saturated carbocycles. The number of aromatic nitrogens is 5. The first-order valence-corrected chi connectivity index (χ1v) is 13.5. The third kappa shape index (κ3) is 6.05. The van der Waals surface area contributed by atoms with E-state index >= 15 is 0 Å². The highest BCUT2D eigenvalue weighted by molar-refractivity contribution is 5.80. The Morgan fingerprint density at radius 1 is 0.950 bits per heavy atom. The standard InChI is InChI=1S/C31H34N6O3/c1-4-28(30-33-34-35-37(30)19-22-11-7-6-8-12-22)36(20-23-13-9-10-14-29(23)39-3)21-25-17-24-18-26(40-5-2)15-16-27(24)32-31(25)38/h6-18,28H,4-5,19-21H2,1-3H3,(H,32,38)/t28-/m0/s1. The molecule has 1 atom stereocenters. The van der Waals surface area contributed by atoms with E-state index in [1.54, 1.807) is 7.11 Å². The molecule has 2 heterocycles. The van der Waals surface area contributed by atoms with Crippen LogP contribution >= 0.6 is 0 Å². The van der Waals surface area contributed by atoms with E-state index in [9.17, 15) is 4.79 Å². The Kier molecular flexibility index (Phi) is 8.51. The Bertz CT molecular complexity index is 1610. The molecule has 0 bridgehead atoms. The van der Waals surface area contributed by atoms with Crippen molar-refractivity contribution in [3.05, 3.63) is 112 Å². The van der Waals surface area contributed by atoms with Crippen LogP contribution in [0.5, 0.6) is 11.5 Å². The van der Waals surface area contributed by atoms with Gasteiger partial charge in [-0.2, -0.15) is 0 Å². The van der Waals surface area contributed by atoms with Gasteiger partial charge in [-0.1, -0.05) is 55.5 Å². The number of para-hydroxylation sites is 1. The number of tetrazole rings is 1. The Labute approximate surface area is 233 Å². The number of nitrogens with one attached hydrogen (secondary N) is 1. The van der Waals surface area contributed by atoms with Crippen LogP contribution in [0.2, 0.25) is 0 Å². The van der Waals surface area contributed by atoms with Crippen molar-refractivity contribution >= 4 is 10.9 Å². The molecule has 5 aromatic rings. The SMILES string of the molecule is CCOc1ccc2[nH]c(=O)c(CN(Cc3ccccc3OC)[C@@H](CC)c3nnnn3Cc3ccccc3)cc2c1. The molecule has 0 unspecified atom stereocenters. The zero-order chi connectivity index (χ0) is 27.9. The summed E-state index contributed by atoms with van der Waals surface area (Å²) in [7, 11) is 1.67. The van der Waals surface area contributed by atoms with Crippen molar-refractivity contribution in [3.63, 3.8) is 0 Å². The largest absolute Gasteiger partial charge is 0.496 e. The third-order valence-electron chi connectivity index (χ3n) is 7.00. The Hall–Kier alpha value is -4.50. The van der Waals surface area contributed by atoms with E-state index in [1.807, 2.05) is 78.3 Å².